The normalized spacial score (nSPS) is 19.0. The number of guanidine groups is 1. The first-order valence-electron chi connectivity index (χ1n) is 9.35. The third-order valence-electron chi connectivity index (χ3n) is 5.00. The summed E-state index contributed by atoms with van der Waals surface area (Å²) in [4.78, 5) is 19.8. The van der Waals surface area contributed by atoms with Gasteiger partial charge in [0.15, 0.2) is 5.96 Å². The van der Waals surface area contributed by atoms with Gasteiger partial charge < -0.3 is 15.4 Å². The Labute approximate surface area is 161 Å². The fourth-order valence-electron chi connectivity index (χ4n) is 3.18. The maximum absolute atomic E-state index is 11.5. The van der Waals surface area contributed by atoms with Gasteiger partial charge in [-0.3, -0.25) is 14.7 Å². The maximum atomic E-state index is 11.5. The van der Waals surface area contributed by atoms with Crippen LogP contribution >= 0.6 is 11.3 Å². The van der Waals surface area contributed by atoms with Gasteiger partial charge >= 0.3 is 5.97 Å². The first kappa shape index (κ1) is 20.7. The van der Waals surface area contributed by atoms with Crippen molar-refractivity contribution >= 4 is 23.3 Å². The van der Waals surface area contributed by atoms with E-state index in [4.69, 9.17) is 4.74 Å². The second-order valence-electron chi connectivity index (χ2n) is 7.01. The quantitative estimate of drug-likeness (QED) is 0.432. The minimum absolute atomic E-state index is 0.213. The van der Waals surface area contributed by atoms with Gasteiger partial charge in [-0.25, -0.2) is 0 Å². The SMILES string of the molecule is CN=C(NCC(C)C(=O)OC)NCC(c1cccs1)N1CCC(C)CC1. The van der Waals surface area contributed by atoms with Crippen LogP contribution in [0.5, 0.6) is 0 Å². The summed E-state index contributed by atoms with van der Waals surface area (Å²) in [6.07, 6.45) is 2.51. The zero-order valence-corrected chi connectivity index (χ0v) is 17.1. The maximum Gasteiger partial charge on any atom is 0.310 e. The molecule has 0 spiro atoms. The highest BCUT2D eigenvalue weighted by Gasteiger charge is 2.25. The molecule has 1 fully saturated rings. The number of carbonyl (C=O) groups excluding carboxylic acids is 1. The number of thiophene rings is 1. The number of ether oxygens (including phenoxy) is 1. The van der Waals surface area contributed by atoms with Crippen LogP contribution in [-0.4, -0.2) is 57.2 Å². The van der Waals surface area contributed by atoms with E-state index in [1.54, 1.807) is 18.4 Å². The third kappa shape index (κ3) is 5.99. The van der Waals surface area contributed by atoms with Gasteiger partial charge in [-0.1, -0.05) is 19.9 Å². The van der Waals surface area contributed by atoms with E-state index in [9.17, 15) is 4.79 Å². The minimum Gasteiger partial charge on any atom is -0.469 e. The molecular weight excluding hydrogens is 348 g/mol. The van der Waals surface area contributed by atoms with E-state index in [0.717, 1.165) is 25.6 Å². The Hall–Kier alpha value is -1.60. The second kappa shape index (κ2) is 10.5. The molecule has 1 saturated heterocycles. The summed E-state index contributed by atoms with van der Waals surface area (Å²) in [7, 11) is 3.16. The second-order valence-corrected chi connectivity index (χ2v) is 7.99. The zero-order chi connectivity index (χ0) is 18.9. The Balaban J connectivity index is 1.92. The molecule has 146 valence electrons. The number of nitrogens with one attached hydrogen (secondary N) is 2. The predicted octanol–water partition coefficient (Wildman–Crippen LogP) is 2.50. The fraction of sp³-hybridized carbons (Fsp3) is 0.684. The number of carbonyl (C=O) groups is 1. The van der Waals surface area contributed by atoms with Gasteiger partial charge in [0.05, 0.1) is 19.1 Å². The molecule has 0 radical (unpaired) electrons. The van der Waals surface area contributed by atoms with E-state index in [1.807, 2.05) is 6.92 Å². The standard InChI is InChI=1S/C19H32N4O2S/c1-14-7-9-23(10-8-14)16(17-6-5-11-26-17)13-22-19(20-3)21-12-15(2)18(24)25-4/h5-6,11,14-16H,7-10,12-13H2,1-4H3,(H2,20,21,22). The van der Waals surface area contributed by atoms with E-state index in [2.05, 4.69) is 45.0 Å². The Morgan fingerprint density at radius 1 is 1.38 bits per heavy atom. The van der Waals surface area contributed by atoms with Crippen molar-refractivity contribution in [3.8, 4) is 0 Å². The molecule has 6 nitrogen and oxygen atoms in total. The van der Waals surface area contributed by atoms with Crippen molar-refractivity contribution in [2.24, 2.45) is 16.8 Å². The first-order chi connectivity index (χ1) is 12.5. The first-order valence-corrected chi connectivity index (χ1v) is 10.2. The van der Waals surface area contributed by atoms with Crippen LogP contribution in [-0.2, 0) is 9.53 Å². The Morgan fingerprint density at radius 3 is 2.65 bits per heavy atom. The number of nitrogens with zero attached hydrogens (tertiary/aromatic N) is 2. The Bertz CT molecular complexity index is 568. The molecule has 2 N–H and O–H groups in total. The van der Waals surface area contributed by atoms with Crippen LogP contribution in [0.25, 0.3) is 0 Å². The highest BCUT2D eigenvalue weighted by Crippen LogP contribution is 2.28. The molecule has 0 amide bonds. The van der Waals surface area contributed by atoms with Crippen LogP contribution in [0.4, 0.5) is 0 Å². The number of esters is 1. The summed E-state index contributed by atoms with van der Waals surface area (Å²) in [5.41, 5.74) is 0. The van der Waals surface area contributed by atoms with Crippen molar-refractivity contribution in [1.29, 1.82) is 0 Å². The number of hydrogen-bond donors (Lipinski definition) is 2. The Kier molecular flexibility index (Phi) is 8.38. The minimum atomic E-state index is -0.216. The van der Waals surface area contributed by atoms with E-state index < -0.39 is 0 Å². The predicted molar refractivity (Wildman–Crippen MR) is 108 cm³/mol. The van der Waals surface area contributed by atoms with E-state index in [0.29, 0.717) is 18.5 Å². The molecule has 0 aromatic carbocycles. The van der Waals surface area contributed by atoms with Gasteiger partial charge in [-0.05, 0) is 43.3 Å². The van der Waals surface area contributed by atoms with Gasteiger partial charge in [0, 0.05) is 25.0 Å². The lowest BCUT2D eigenvalue weighted by Gasteiger charge is -2.36. The highest BCUT2D eigenvalue weighted by atomic mass is 32.1. The van der Waals surface area contributed by atoms with Crippen LogP contribution in [0.15, 0.2) is 22.5 Å². The van der Waals surface area contributed by atoms with Gasteiger partial charge in [-0.2, -0.15) is 0 Å². The fourth-order valence-corrected chi connectivity index (χ4v) is 4.04. The summed E-state index contributed by atoms with van der Waals surface area (Å²) in [5, 5.41) is 8.79. The van der Waals surface area contributed by atoms with Crippen molar-refractivity contribution in [3.63, 3.8) is 0 Å². The molecular formula is C19H32N4O2S. The van der Waals surface area contributed by atoms with Crippen LogP contribution in [0.2, 0.25) is 0 Å². The molecule has 0 saturated carbocycles. The van der Waals surface area contributed by atoms with Gasteiger partial charge in [0.1, 0.15) is 0 Å². The van der Waals surface area contributed by atoms with Gasteiger partial charge in [-0.15, -0.1) is 11.3 Å². The van der Waals surface area contributed by atoms with Crippen molar-refractivity contribution in [2.75, 3.05) is 40.3 Å². The summed E-state index contributed by atoms with van der Waals surface area (Å²) in [6.45, 7) is 7.74. The zero-order valence-electron chi connectivity index (χ0n) is 16.3. The lowest BCUT2D eigenvalue weighted by molar-refractivity contribution is -0.144. The number of aliphatic imine (C=N–C) groups is 1. The monoisotopic (exact) mass is 380 g/mol. The molecule has 2 atom stereocenters. The Morgan fingerprint density at radius 2 is 2.08 bits per heavy atom. The molecule has 1 aliphatic heterocycles. The summed E-state index contributed by atoms with van der Waals surface area (Å²) in [6, 6.07) is 4.67. The molecule has 0 bridgehead atoms. The van der Waals surface area contributed by atoms with Crippen LogP contribution < -0.4 is 10.6 Å². The molecule has 1 aromatic heterocycles. The van der Waals surface area contributed by atoms with Crippen LogP contribution in [0.3, 0.4) is 0 Å². The molecule has 7 heteroatoms. The molecule has 2 heterocycles. The van der Waals surface area contributed by atoms with E-state index in [1.165, 1.54) is 24.8 Å². The largest absolute Gasteiger partial charge is 0.469 e. The number of rotatable bonds is 7. The van der Waals surface area contributed by atoms with E-state index in [-0.39, 0.29) is 11.9 Å². The van der Waals surface area contributed by atoms with E-state index >= 15 is 0 Å². The van der Waals surface area contributed by atoms with Crippen molar-refractivity contribution < 1.29 is 9.53 Å². The molecule has 1 aromatic rings. The smallest absolute Gasteiger partial charge is 0.310 e. The van der Waals surface area contributed by atoms with Crippen molar-refractivity contribution in [1.82, 2.24) is 15.5 Å². The number of methoxy groups -OCH3 is 1. The summed E-state index contributed by atoms with van der Waals surface area (Å²) in [5.74, 6) is 1.10. The summed E-state index contributed by atoms with van der Waals surface area (Å²) < 4.78 is 4.77. The number of piperidine rings is 1. The molecule has 1 aliphatic rings. The van der Waals surface area contributed by atoms with Crippen LogP contribution in [0, 0.1) is 11.8 Å². The lowest BCUT2D eigenvalue weighted by Crippen LogP contribution is -2.46. The molecule has 2 rings (SSSR count). The summed E-state index contributed by atoms with van der Waals surface area (Å²) >= 11 is 1.81. The highest BCUT2D eigenvalue weighted by molar-refractivity contribution is 7.10. The van der Waals surface area contributed by atoms with Gasteiger partial charge in [0.25, 0.3) is 0 Å². The van der Waals surface area contributed by atoms with Gasteiger partial charge in [0.2, 0.25) is 0 Å². The average molecular weight is 381 g/mol. The van der Waals surface area contributed by atoms with Crippen molar-refractivity contribution in [2.45, 2.75) is 32.7 Å². The van der Waals surface area contributed by atoms with Crippen molar-refractivity contribution in [3.05, 3.63) is 22.4 Å². The average Bonchev–Trinajstić information content (AvgIpc) is 3.19. The lowest BCUT2D eigenvalue weighted by atomic mass is 9.97. The number of hydrogen-bond acceptors (Lipinski definition) is 5. The number of likely N-dealkylation sites (tertiary alicyclic amines) is 1. The molecule has 2 unspecified atom stereocenters. The van der Waals surface area contributed by atoms with Crippen LogP contribution in [0.1, 0.15) is 37.6 Å². The third-order valence-corrected chi connectivity index (χ3v) is 5.97. The molecule has 26 heavy (non-hydrogen) atoms. The molecule has 0 aliphatic carbocycles. The topological polar surface area (TPSA) is 66.0 Å².